The van der Waals surface area contributed by atoms with E-state index in [9.17, 15) is 4.79 Å². The second-order valence-electron chi connectivity index (χ2n) is 6.44. The minimum atomic E-state index is -0.309. The van der Waals surface area contributed by atoms with Crippen molar-refractivity contribution in [2.75, 3.05) is 5.32 Å². The Morgan fingerprint density at radius 1 is 1.30 bits per heavy atom. The number of pyridine rings is 1. The van der Waals surface area contributed by atoms with Gasteiger partial charge in [0.2, 0.25) is 0 Å². The number of carbonyl (C=O) groups is 1. The van der Waals surface area contributed by atoms with Crippen molar-refractivity contribution in [3.63, 3.8) is 0 Å². The molecule has 0 radical (unpaired) electrons. The fourth-order valence-corrected chi connectivity index (χ4v) is 3.36. The molecule has 1 aromatic carbocycles. The molecule has 0 saturated carbocycles. The van der Waals surface area contributed by atoms with Crippen molar-refractivity contribution in [3.8, 4) is 0 Å². The van der Waals surface area contributed by atoms with Crippen LogP contribution in [0.4, 0.5) is 11.5 Å². The van der Waals surface area contributed by atoms with E-state index in [0.717, 1.165) is 35.5 Å². The SMILES string of the molecule is CCCc1cnc2c(c1)CC(c1cc(NC(=O)c3ccco3)ccc1Cl)=N2. The Morgan fingerprint density at radius 3 is 2.96 bits per heavy atom. The number of amides is 1. The highest BCUT2D eigenvalue weighted by Crippen LogP contribution is 2.31. The number of fused-ring (bicyclic) bond motifs is 1. The third-order valence-electron chi connectivity index (χ3n) is 4.42. The van der Waals surface area contributed by atoms with Gasteiger partial charge in [-0.15, -0.1) is 0 Å². The zero-order chi connectivity index (χ0) is 18.8. The van der Waals surface area contributed by atoms with Crippen LogP contribution in [0.3, 0.4) is 0 Å². The molecule has 1 N–H and O–H groups in total. The number of halogens is 1. The molecule has 4 rings (SSSR count). The number of carbonyl (C=O) groups excluding carboxylic acids is 1. The summed E-state index contributed by atoms with van der Waals surface area (Å²) >= 11 is 6.40. The summed E-state index contributed by atoms with van der Waals surface area (Å²) in [5, 5.41) is 3.41. The van der Waals surface area contributed by atoms with Gasteiger partial charge in [-0.1, -0.05) is 31.0 Å². The Hall–Kier alpha value is -2.92. The lowest BCUT2D eigenvalue weighted by Crippen LogP contribution is -2.11. The first-order chi connectivity index (χ1) is 13.1. The molecule has 0 atom stereocenters. The van der Waals surface area contributed by atoms with Crippen molar-refractivity contribution in [3.05, 3.63) is 76.3 Å². The fourth-order valence-electron chi connectivity index (χ4n) is 3.14. The first-order valence-electron chi connectivity index (χ1n) is 8.84. The number of aliphatic imine (C=N–C) groups is 1. The van der Waals surface area contributed by atoms with E-state index in [1.807, 2.05) is 12.3 Å². The van der Waals surface area contributed by atoms with Crippen molar-refractivity contribution in [1.82, 2.24) is 4.98 Å². The van der Waals surface area contributed by atoms with Gasteiger partial charge in [-0.2, -0.15) is 0 Å². The highest BCUT2D eigenvalue weighted by molar-refractivity contribution is 6.34. The van der Waals surface area contributed by atoms with Crippen molar-refractivity contribution < 1.29 is 9.21 Å². The number of hydrogen-bond donors (Lipinski definition) is 1. The molecule has 2 aromatic heterocycles. The molecular formula is C21H18ClN3O2. The zero-order valence-corrected chi connectivity index (χ0v) is 15.6. The minimum absolute atomic E-state index is 0.254. The maximum absolute atomic E-state index is 12.2. The van der Waals surface area contributed by atoms with Crippen LogP contribution in [0.5, 0.6) is 0 Å². The fraction of sp³-hybridized carbons (Fsp3) is 0.190. The molecule has 0 aliphatic carbocycles. The third-order valence-corrected chi connectivity index (χ3v) is 4.75. The average molecular weight is 380 g/mol. The molecular weight excluding hydrogens is 362 g/mol. The van der Waals surface area contributed by atoms with Crippen molar-refractivity contribution in [1.29, 1.82) is 0 Å². The van der Waals surface area contributed by atoms with Crippen molar-refractivity contribution in [2.45, 2.75) is 26.2 Å². The van der Waals surface area contributed by atoms with Crippen LogP contribution < -0.4 is 5.32 Å². The molecule has 1 aliphatic heterocycles. The molecule has 6 heteroatoms. The van der Waals surface area contributed by atoms with E-state index in [-0.39, 0.29) is 11.7 Å². The molecule has 3 heterocycles. The number of rotatable bonds is 5. The van der Waals surface area contributed by atoms with Gasteiger partial charge in [-0.3, -0.25) is 4.79 Å². The second-order valence-corrected chi connectivity index (χ2v) is 6.84. The summed E-state index contributed by atoms with van der Waals surface area (Å²) in [5.74, 6) is 0.687. The average Bonchev–Trinajstić information content (AvgIpc) is 3.32. The first-order valence-corrected chi connectivity index (χ1v) is 9.22. The number of furan rings is 1. The lowest BCUT2D eigenvalue weighted by atomic mass is 10.0. The van der Waals surface area contributed by atoms with Crippen LogP contribution >= 0.6 is 11.6 Å². The standard InChI is InChI=1S/C21H18ClN3O2/c1-2-4-13-9-14-10-18(25-20(14)23-12-13)16-11-15(6-7-17(16)22)24-21(26)19-5-3-8-27-19/h3,5-9,11-12H,2,4,10H2,1H3,(H,24,26). The van der Waals surface area contributed by atoms with E-state index < -0.39 is 0 Å². The lowest BCUT2D eigenvalue weighted by Gasteiger charge is -2.08. The molecule has 1 amide bonds. The topological polar surface area (TPSA) is 67.5 Å². The highest BCUT2D eigenvalue weighted by Gasteiger charge is 2.20. The van der Waals surface area contributed by atoms with Crippen LogP contribution in [-0.4, -0.2) is 16.6 Å². The molecule has 0 spiro atoms. The monoisotopic (exact) mass is 379 g/mol. The summed E-state index contributed by atoms with van der Waals surface area (Å²) in [7, 11) is 0. The Balaban J connectivity index is 1.58. The Bertz CT molecular complexity index is 1030. The van der Waals surface area contributed by atoms with Gasteiger partial charge < -0.3 is 9.73 Å². The number of nitrogens with zero attached hydrogens (tertiary/aromatic N) is 2. The number of nitrogens with one attached hydrogen (secondary N) is 1. The first kappa shape index (κ1) is 17.5. The lowest BCUT2D eigenvalue weighted by molar-refractivity contribution is 0.0996. The van der Waals surface area contributed by atoms with E-state index in [0.29, 0.717) is 17.1 Å². The molecule has 136 valence electrons. The Kier molecular flexibility index (Phi) is 4.77. The largest absolute Gasteiger partial charge is 0.459 e. The summed E-state index contributed by atoms with van der Waals surface area (Å²) in [6, 6.07) is 10.8. The molecule has 0 bridgehead atoms. The molecule has 27 heavy (non-hydrogen) atoms. The van der Waals surface area contributed by atoms with Crippen molar-refractivity contribution >= 4 is 34.7 Å². The van der Waals surface area contributed by atoms with Crippen molar-refractivity contribution in [2.24, 2.45) is 4.99 Å². The molecule has 0 fully saturated rings. The van der Waals surface area contributed by atoms with E-state index in [1.165, 1.54) is 11.8 Å². The number of benzene rings is 1. The maximum atomic E-state index is 12.2. The number of aryl methyl sites for hydroxylation is 1. The van der Waals surface area contributed by atoms with Crippen LogP contribution in [-0.2, 0) is 12.8 Å². The van der Waals surface area contributed by atoms with Crippen LogP contribution in [0, 0.1) is 0 Å². The van der Waals surface area contributed by atoms with Gasteiger partial charge in [0, 0.05) is 34.5 Å². The predicted molar refractivity (Wildman–Crippen MR) is 106 cm³/mol. The van der Waals surface area contributed by atoms with Gasteiger partial charge >= 0.3 is 0 Å². The van der Waals surface area contributed by atoms with Gasteiger partial charge in [0.15, 0.2) is 11.6 Å². The zero-order valence-electron chi connectivity index (χ0n) is 14.8. The highest BCUT2D eigenvalue weighted by atomic mass is 35.5. The minimum Gasteiger partial charge on any atom is -0.459 e. The van der Waals surface area contributed by atoms with Gasteiger partial charge in [-0.05, 0) is 42.3 Å². The van der Waals surface area contributed by atoms with Crippen LogP contribution in [0.1, 0.15) is 40.6 Å². The Labute approximate surface area is 162 Å². The summed E-state index contributed by atoms with van der Waals surface area (Å²) in [6.45, 7) is 2.15. The molecule has 0 unspecified atom stereocenters. The molecule has 1 aliphatic rings. The van der Waals surface area contributed by atoms with Gasteiger partial charge in [0.1, 0.15) is 0 Å². The van der Waals surface area contributed by atoms with E-state index in [2.05, 4.69) is 28.3 Å². The summed E-state index contributed by atoms with van der Waals surface area (Å²) < 4.78 is 5.12. The molecule has 3 aromatic rings. The Morgan fingerprint density at radius 2 is 2.19 bits per heavy atom. The summed E-state index contributed by atoms with van der Waals surface area (Å²) in [6.07, 6.45) is 6.11. The van der Waals surface area contributed by atoms with E-state index >= 15 is 0 Å². The van der Waals surface area contributed by atoms with Crippen LogP contribution in [0.25, 0.3) is 0 Å². The number of hydrogen-bond acceptors (Lipinski definition) is 4. The predicted octanol–water partition coefficient (Wildman–Crippen LogP) is 5.21. The normalized spacial score (nSPS) is 12.6. The van der Waals surface area contributed by atoms with Crippen LogP contribution in [0.2, 0.25) is 5.02 Å². The summed E-state index contributed by atoms with van der Waals surface area (Å²) in [5.41, 5.74) is 4.61. The second kappa shape index (κ2) is 7.37. The van der Waals surface area contributed by atoms with Gasteiger partial charge in [0.25, 0.3) is 5.91 Å². The third kappa shape index (κ3) is 3.64. The molecule has 0 saturated heterocycles. The summed E-state index contributed by atoms with van der Waals surface area (Å²) in [4.78, 5) is 21.3. The maximum Gasteiger partial charge on any atom is 0.291 e. The van der Waals surface area contributed by atoms with Crippen LogP contribution in [0.15, 0.2) is 58.3 Å². The quantitative estimate of drug-likeness (QED) is 0.661. The number of anilines is 1. The molecule has 5 nitrogen and oxygen atoms in total. The number of aromatic nitrogens is 1. The van der Waals surface area contributed by atoms with E-state index in [4.69, 9.17) is 16.0 Å². The van der Waals surface area contributed by atoms with Gasteiger partial charge in [0.05, 0.1) is 12.0 Å². The van der Waals surface area contributed by atoms with E-state index in [1.54, 1.807) is 24.3 Å². The van der Waals surface area contributed by atoms with Gasteiger partial charge in [-0.25, -0.2) is 9.98 Å². The smallest absolute Gasteiger partial charge is 0.291 e.